The Hall–Kier alpha value is -3.27. The SMILES string of the molecule is COC(=O)c1ccccc1-c1ccc2c(c1)Oc1ccccc1O2. The van der Waals surface area contributed by atoms with Crippen LogP contribution in [0, 0.1) is 0 Å². The summed E-state index contributed by atoms with van der Waals surface area (Å²) in [5.41, 5.74) is 2.16. The molecule has 0 spiro atoms. The molecule has 0 atom stereocenters. The number of methoxy groups -OCH3 is 1. The molecular formula is C20H14O4. The van der Waals surface area contributed by atoms with Crippen LogP contribution in [0.5, 0.6) is 23.0 Å². The Morgan fingerprint density at radius 1 is 0.792 bits per heavy atom. The van der Waals surface area contributed by atoms with Crippen molar-refractivity contribution >= 4 is 5.97 Å². The highest BCUT2D eigenvalue weighted by molar-refractivity contribution is 5.97. The van der Waals surface area contributed by atoms with E-state index in [1.807, 2.05) is 60.7 Å². The number of carbonyl (C=O) groups is 1. The Kier molecular flexibility index (Phi) is 3.43. The largest absolute Gasteiger partial charge is 0.465 e. The van der Waals surface area contributed by atoms with Gasteiger partial charge in [-0.2, -0.15) is 0 Å². The first-order chi connectivity index (χ1) is 11.8. The number of rotatable bonds is 2. The molecule has 0 aromatic heterocycles. The number of fused-ring (bicyclic) bond motifs is 2. The second-order valence-corrected chi connectivity index (χ2v) is 5.35. The molecule has 0 bridgehead atoms. The van der Waals surface area contributed by atoms with Gasteiger partial charge in [0.05, 0.1) is 12.7 Å². The summed E-state index contributed by atoms with van der Waals surface area (Å²) in [6.07, 6.45) is 0. The first-order valence-electron chi connectivity index (χ1n) is 7.53. The molecule has 0 amide bonds. The number of hydrogen-bond acceptors (Lipinski definition) is 4. The summed E-state index contributed by atoms with van der Waals surface area (Å²) in [6.45, 7) is 0. The Labute approximate surface area is 139 Å². The van der Waals surface area contributed by atoms with Crippen molar-refractivity contribution < 1.29 is 19.0 Å². The topological polar surface area (TPSA) is 44.8 Å². The molecule has 1 aliphatic heterocycles. The van der Waals surface area contributed by atoms with Crippen LogP contribution in [0.25, 0.3) is 11.1 Å². The van der Waals surface area contributed by atoms with Gasteiger partial charge < -0.3 is 14.2 Å². The molecule has 24 heavy (non-hydrogen) atoms. The Bertz CT molecular complexity index is 930. The molecule has 3 aromatic rings. The van der Waals surface area contributed by atoms with Gasteiger partial charge in [-0.15, -0.1) is 0 Å². The Morgan fingerprint density at radius 3 is 2.17 bits per heavy atom. The fourth-order valence-electron chi connectivity index (χ4n) is 2.72. The second kappa shape index (κ2) is 5.74. The van der Waals surface area contributed by atoms with E-state index in [-0.39, 0.29) is 5.97 Å². The summed E-state index contributed by atoms with van der Waals surface area (Å²) in [6, 6.07) is 20.4. The maximum Gasteiger partial charge on any atom is 0.338 e. The van der Waals surface area contributed by atoms with Crippen molar-refractivity contribution in [3.8, 4) is 34.1 Å². The van der Waals surface area contributed by atoms with Crippen LogP contribution < -0.4 is 9.47 Å². The van der Waals surface area contributed by atoms with Crippen molar-refractivity contribution in [3.63, 3.8) is 0 Å². The van der Waals surface area contributed by atoms with Crippen LogP contribution in [0.4, 0.5) is 0 Å². The molecule has 0 aliphatic carbocycles. The molecule has 118 valence electrons. The minimum atomic E-state index is -0.370. The predicted octanol–water partition coefficient (Wildman–Crippen LogP) is 5.04. The molecule has 4 heteroatoms. The van der Waals surface area contributed by atoms with Crippen molar-refractivity contribution in [1.29, 1.82) is 0 Å². The summed E-state index contributed by atoms with van der Waals surface area (Å²) in [7, 11) is 1.37. The third-order valence-electron chi connectivity index (χ3n) is 3.88. The molecule has 3 aromatic carbocycles. The Balaban J connectivity index is 1.77. The maximum absolute atomic E-state index is 12.0. The maximum atomic E-state index is 12.0. The van der Waals surface area contributed by atoms with E-state index in [4.69, 9.17) is 14.2 Å². The number of para-hydroxylation sites is 2. The van der Waals surface area contributed by atoms with E-state index in [9.17, 15) is 4.79 Å². The molecule has 0 fully saturated rings. The number of ether oxygens (including phenoxy) is 3. The van der Waals surface area contributed by atoms with Crippen LogP contribution in [-0.2, 0) is 4.74 Å². The molecular weight excluding hydrogens is 304 g/mol. The van der Waals surface area contributed by atoms with Crippen molar-refractivity contribution in [2.75, 3.05) is 7.11 Å². The highest BCUT2D eigenvalue weighted by atomic mass is 16.6. The summed E-state index contributed by atoms with van der Waals surface area (Å²) < 4.78 is 16.6. The minimum absolute atomic E-state index is 0.370. The van der Waals surface area contributed by atoms with E-state index >= 15 is 0 Å². The molecule has 0 saturated heterocycles. The highest BCUT2D eigenvalue weighted by Gasteiger charge is 2.20. The van der Waals surface area contributed by atoms with Gasteiger partial charge >= 0.3 is 5.97 Å². The lowest BCUT2D eigenvalue weighted by molar-refractivity contribution is 0.0601. The van der Waals surface area contributed by atoms with Crippen molar-refractivity contribution in [2.24, 2.45) is 0 Å². The van der Waals surface area contributed by atoms with Gasteiger partial charge in [-0.25, -0.2) is 4.79 Å². The third-order valence-corrected chi connectivity index (χ3v) is 3.88. The van der Waals surface area contributed by atoms with Crippen LogP contribution in [0.15, 0.2) is 66.7 Å². The van der Waals surface area contributed by atoms with Crippen LogP contribution >= 0.6 is 0 Å². The van der Waals surface area contributed by atoms with Gasteiger partial charge in [0.25, 0.3) is 0 Å². The van der Waals surface area contributed by atoms with Gasteiger partial charge in [-0.05, 0) is 41.5 Å². The number of benzene rings is 3. The van der Waals surface area contributed by atoms with Gasteiger partial charge in [0.2, 0.25) is 0 Å². The van der Waals surface area contributed by atoms with Crippen molar-refractivity contribution in [1.82, 2.24) is 0 Å². The van der Waals surface area contributed by atoms with Crippen LogP contribution in [0.2, 0.25) is 0 Å². The molecule has 4 nitrogen and oxygen atoms in total. The normalized spacial score (nSPS) is 11.5. The second-order valence-electron chi connectivity index (χ2n) is 5.35. The molecule has 4 rings (SSSR count). The third kappa shape index (κ3) is 2.38. The smallest absolute Gasteiger partial charge is 0.338 e. The monoisotopic (exact) mass is 318 g/mol. The van der Waals surface area contributed by atoms with Crippen LogP contribution in [-0.4, -0.2) is 13.1 Å². The van der Waals surface area contributed by atoms with E-state index in [1.54, 1.807) is 6.07 Å². The lowest BCUT2D eigenvalue weighted by Gasteiger charge is -2.21. The average Bonchev–Trinajstić information content (AvgIpc) is 2.65. The van der Waals surface area contributed by atoms with E-state index < -0.39 is 0 Å². The lowest BCUT2D eigenvalue weighted by Crippen LogP contribution is -2.03. The predicted molar refractivity (Wildman–Crippen MR) is 89.8 cm³/mol. The molecule has 1 heterocycles. The van der Waals surface area contributed by atoms with E-state index in [2.05, 4.69) is 0 Å². The first-order valence-corrected chi connectivity index (χ1v) is 7.53. The first kappa shape index (κ1) is 14.3. The lowest BCUT2D eigenvalue weighted by atomic mass is 9.99. The van der Waals surface area contributed by atoms with E-state index in [0.717, 1.165) is 11.1 Å². The quantitative estimate of drug-likeness (QED) is 0.486. The summed E-state index contributed by atoms with van der Waals surface area (Å²) in [4.78, 5) is 12.0. The number of hydrogen-bond donors (Lipinski definition) is 0. The van der Waals surface area contributed by atoms with Crippen molar-refractivity contribution in [2.45, 2.75) is 0 Å². The van der Waals surface area contributed by atoms with Gasteiger partial charge in [0.15, 0.2) is 23.0 Å². The fraction of sp³-hybridized carbons (Fsp3) is 0.0500. The van der Waals surface area contributed by atoms with Gasteiger partial charge in [-0.1, -0.05) is 36.4 Å². The van der Waals surface area contributed by atoms with Crippen molar-refractivity contribution in [3.05, 3.63) is 72.3 Å². The summed E-state index contributed by atoms with van der Waals surface area (Å²) >= 11 is 0. The number of carbonyl (C=O) groups excluding carboxylic acids is 1. The molecule has 0 unspecified atom stereocenters. The molecule has 0 radical (unpaired) electrons. The zero-order chi connectivity index (χ0) is 16.5. The summed E-state index contributed by atoms with van der Waals surface area (Å²) in [5, 5.41) is 0. The van der Waals surface area contributed by atoms with Gasteiger partial charge in [-0.3, -0.25) is 0 Å². The standard InChI is InChI=1S/C20H14O4/c1-22-20(21)15-7-3-2-6-14(15)13-10-11-18-19(12-13)24-17-9-5-4-8-16(17)23-18/h2-12H,1H3. The highest BCUT2D eigenvalue weighted by Crippen LogP contribution is 2.46. The zero-order valence-corrected chi connectivity index (χ0v) is 13.0. The zero-order valence-electron chi connectivity index (χ0n) is 13.0. The van der Waals surface area contributed by atoms with Gasteiger partial charge in [0.1, 0.15) is 0 Å². The van der Waals surface area contributed by atoms with E-state index in [1.165, 1.54) is 7.11 Å². The molecule has 0 saturated carbocycles. The molecule has 0 N–H and O–H groups in total. The average molecular weight is 318 g/mol. The van der Waals surface area contributed by atoms with Crippen LogP contribution in [0.1, 0.15) is 10.4 Å². The molecule has 1 aliphatic rings. The Morgan fingerprint density at radius 2 is 1.42 bits per heavy atom. The van der Waals surface area contributed by atoms with Crippen LogP contribution in [0.3, 0.4) is 0 Å². The van der Waals surface area contributed by atoms with E-state index in [0.29, 0.717) is 28.6 Å². The minimum Gasteiger partial charge on any atom is -0.465 e. The number of esters is 1. The fourth-order valence-corrected chi connectivity index (χ4v) is 2.72. The van der Waals surface area contributed by atoms with Gasteiger partial charge in [0, 0.05) is 0 Å². The summed E-state index contributed by atoms with van der Waals surface area (Å²) in [5.74, 6) is 2.25.